The Morgan fingerprint density at radius 3 is 2.27 bits per heavy atom. The van der Waals surface area contributed by atoms with Crippen molar-refractivity contribution in [3.05, 3.63) is 12.2 Å². The lowest BCUT2D eigenvalue weighted by Gasteiger charge is -2.27. The number of rotatable bonds is 3. The van der Waals surface area contributed by atoms with Crippen molar-refractivity contribution in [3.8, 4) is 0 Å². The molecule has 22 heavy (non-hydrogen) atoms. The first kappa shape index (κ1) is 13.9. The van der Waals surface area contributed by atoms with Crippen LogP contribution in [0, 0.1) is 23.7 Å². The Bertz CT molecular complexity index is 522. The maximum Gasteiger partial charge on any atom is 0.233 e. The monoisotopic (exact) mass is 304 g/mol. The molecule has 0 radical (unpaired) electrons. The number of likely N-dealkylation sites (tertiary alicyclic amines) is 1. The summed E-state index contributed by atoms with van der Waals surface area (Å²) < 4.78 is 5.22. The molecular weight excluding hydrogens is 284 g/mol. The van der Waals surface area contributed by atoms with E-state index in [0.717, 1.165) is 6.42 Å². The maximum atomic E-state index is 12.5. The van der Waals surface area contributed by atoms with Crippen LogP contribution in [0.25, 0.3) is 0 Å². The molecule has 2 bridgehead atoms. The number of carbonyl (C=O) groups is 3. The standard InChI is InChI=1S/C16H20N2O4/c19-12(17-5-7-22-8-6-17)3-4-18-15(20)13-10-1-2-11(9-10)14(13)16(18)21/h1-2,10-11,13-14H,3-9H2. The highest BCUT2D eigenvalue weighted by Crippen LogP contribution is 2.52. The summed E-state index contributed by atoms with van der Waals surface area (Å²) in [6.45, 7) is 2.54. The molecule has 6 heteroatoms. The van der Waals surface area contributed by atoms with Gasteiger partial charge in [0.2, 0.25) is 17.7 Å². The third-order valence-electron chi connectivity index (χ3n) is 5.47. The van der Waals surface area contributed by atoms with Gasteiger partial charge in [-0.15, -0.1) is 0 Å². The van der Waals surface area contributed by atoms with Crippen molar-refractivity contribution in [1.29, 1.82) is 0 Å². The molecule has 2 aliphatic heterocycles. The first-order chi connectivity index (χ1) is 10.7. The summed E-state index contributed by atoms with van der Waals surface area (Å²) in [5, 5.41) is 0. The zero-order valence-electron chi connectivity index (χ0n) is 12.4. The minimum Gasteiger partial charge on any atom is -0.378 e. The molecular formula is C16H20N2O4. The average Bonchev–Trinajstić information content (AvgIpc) is 3.21. The van der Waals surface area contributed by atoms with E-state index in [1.807, 2.05) is 0 Å². The predicted molar refractivity (Wildman–Crippen MR) is 76.5 cm³/mol. The number of amides is 3. The number of ether oxygens (including phenoxy) is 1. The van der Waals surface area contributed by atoms with Crippen LogP contribution < -0.4 is 0 Å². The summed E-state index contributed by atoms with van der Waals surface area (Å²) in [5.74, 6) is -0.00919. The maximum absolute atomic E-state index is 12.5. The summed E-state index contributed by atoms with van der Waals surface area (Å²) in [4.78, 5) is 40.3. The first-order valence-corrected chi connectivity index (χ1v) is 8.06. The molecule has 3 amide bonds. The Kier molecular flexibility index (Phi) is 3.29. The molecule has 6 nitrogen and oxygen atoms in total. The molecule has 0 N–H and O–H groups in total. The third kappa shape index (κ3) is 2.00. The van der Waals surface area contributed by atoms with E-state index in [-0.39, 0.29) is 54.4 Å². The van der Waals surface area contributed by atoms with Gasteiger partial charge in [-0.3, -0.25) is 19.3 Å². The van der Waals surface area contributed by atoms with Gasteiger partial charge in [0.15, 0.2) is 0 Å². The fourth-order valence-electron chi connectivity index (χ4n) is 4.36. The molecule has 2 heterocycles. The van der Waals surface area contributed by atoms with Crippen molar-refractivity contribution in [2.24, 2.45) is 23.7 Å². The molecule has 2 aliphatic carbocycles. The summed E-state index contributed by atoms with van der Waals surface area (Å²) >= 11 is 0. The molecule has 0 aromatic heterocycles. The van der Waals surface area contributed by atoms with Crippen LogP contribution in [0.2, 0.25) is 0 Å². The number of morpholine rings is 1. The quantitative estimate of drug-likeness (QED) is 0.545. The lowest BCUT2D eigenvalue weighted by molar-refractivity contribution is -0.142. The largest absolute Gasteiger partial charge is 0.378 e. The number of carbonyl (C=O) groups excluding carboxylic acids is 3. The van der Waals surface area contributed by atoms with Gasteiger partial charge in [-0.1, -0.05) is 12.2 Å². The summed E-state index contributed by atoms with van der Waals surface area (Å²) in [6.07, 6.45) is 5.33. The van der Waals surface area contributed by atoms with Crippen LogP contribution in [0.4, 0.5) is 0 Å². The molecule has 0 aromatic rings. The number of allylic oxidation sites excluding steroid dienone is 2. The van der Waals surface area contributed by atoms with Crippen LogP contribution >= 0.6 is 0 Å². The Morgan fingerprint density at radius 2 is 1.68 bits per heavy atom. The molecule has 118 valence electrons. The molecule has 4 rings (SSSR count). The normalized spacial score (nSPS) is 36.4. The predicted octanol–water partition coefficient (Wildman–Crippen LogP) is 0.0424. The lowest BCUT2D eigenvalue weighted by Crippen LogP contribution is -2.43. The van der Waals surface area contributed by atoms with Crippen molar-refractivity contribution in [3.63, 3.8) is 0 Å². The zero-order chi connectivity index (χ0) is 15.3. The smallest absolute Gasteiger partial charge is 0.233 e. The third-order valence-corrected chi connectivity index (χ3v) is 5.47. The number of nitrogens with zero attached hydrogens (tertiary/aromatic N) is 2. The highest BCUT2D eigenvalue weighted by atomic mass is 16.5. The summed E-state index contributed by atoms with van der Waals surface area (Å²) in [6, 6.07) is 0. The minimum absolute atomic E-state index is 0.00190. The van der Waals surface area contributed by atoms with E-state index in [1.165, 1.54) is 4.90 Å². The fraction of sp³-hybridized carbons (Fsp3) is 0.688. The minimum atomic E-state index is -0.166. The van der Waals surface area contributed by atoms with Crippen LogP contribution in [-0.2, 0) is 19.1 Å². The van der Waals surface area contributed by atoms with Crippen molar-refractivity contribution in [1.82, 2.24) is 9.80 Å². The van der Waals surface area contributed by atoms with Crippen molar-refractivity contribution in [2.45, 2.75) is 12.8 Å². The van der Waals surface area contributed by atoms with Crippen LogP contribution in [0.1, 0.15) is 12.8 Å². The van der Waals surface area contributed by atoms with Crippen LogP contribution in [0.3, 0.4) is 0 Å². The van der Waals surface area contributed by atoms with E-state index in [9.17, 15) is 14.4 Å². The number of hydrogen-bond donors (Lipinski definition) is 0. The van der Waals surface area contributed by atoms with Crippen LogP contribution in [0.5, 0.6) is 0 Å². The second-order valence-corrected chi connectivity index (χ2v) is 6.57. The topological polar surface area (TPSA) is 66.9 Å². The van der Waals surface area contributed by atoms with Gasteiger partial charge in [0.1, 0.15) is 0 Å². The molecule has 1 saturated carbocycles. The molecule has 0 aromatic carbocycles. The van der Waals surface area contributed by atoms with Gasteiger partial charge in [-0.25, -0.2) is 0 Å². The molecule has 4 aliphatic rings. The molecule has 4 unspecified atom stereocenters. The van der Waals surface area contributed by atoms with E-state index in [4.69, 9.17) is 4.74 Å². The first-order valence-electron chi connectivity index (χ1n) is 8.06. The summed E-state index contributed by atoms with van der Waals surface area (Å²) in [7, 11) is 0. The van der Waals surface area contributed by atoms with Gasteiger partial charge in [-0.2, -0.15) is 0 Å². The van der Waals surface area contributed by atoms with Gasteiger partial charge < -0.3 is 9.64 Å². The lowest BCUT2D eigenvalue weighted by atomic mass is 9.85. The Balaban J connectivity index is 1.39. The molecule has 4 atom stereocenters. The van der Waals surface area contributed by atoms with Crippen molar-refractivity contribution in [2.75, 3.05) is 32.8 Å². The van der Waals surface area contributed by atoms with Gasteiger partial charge in [-0.05, 0) is 18.3 Å². The van der Waals surface area contributed by atoms with Gasteiger partial charge in [0, 0.05) is 26.1 Å². The van der Waals surface area contributed by atoms with Crippen molar-refractivity contribution >= 4 is 17.7 Å². The highest BCUT2D eigenvalue weighted by Gasteiger charge is 2.59. The van der Waals surface area contributed by atoms with Gasteiger partial charge in [0.05, 0.1) is 25.0 Å². The van der Waals surface area contributed by atoms with Gasteiger partial charge in [0.25, 0.3) is 0 Å². The van der Waals surface area contributed by atoms with E-state index < -0.39 is 0 Å². The van der Waals surface area contributed by atoms with E-state index in [1.54, 1.807) is 4.90 Å². The SMILES string of the molecule is O=C(CCN1C(=O)C2C3C=CC(C3)C2C1=O)N1CCOCC1. The summed E-state index contributed by atoms with van der Waals surface area (Å²) in [5.41, 5.74) is 0. The molecule has 3 fully saturated rings. The Morgan fingerprint density at radius 1 is 1.09 bits per heavy atom. The Hall–Kier alpha value is -1.69. The average molecular weight is 304 g/mol. The Labute approximate surface area is 129 Å². The van der Waals surface area contributed by atoms with E-state index in [2.05, 4.69) is 12.2 Å². The van der Waals surface area contributed by atoms with Crippen LogP contribution in [0.15, 0.2) is 12.2 Å². The van der Waals surface area contributed by atoms with E-state index in [0.29, 0.717) is 26.3 Å². The number of fused-ring (bicyclic) bond motifs is 5. The van der Waals surface area contributed by atoms with Crippen molar-refractivity contribution < 1.29 is 19.1 Å². The van der Waals surface area contributed by atoms with E-state index >= 15 is 0 Å². The second-order valence-electron chi connectivity index (χ2n) is 6.57. The fourth-order valence-corrected chi connectivity index (χ4v) is 4.36. The number of imide groups is 1. The van der Waals surface area contributed by atoms with Gasteiger partial charge >= 0.3 is 0 Å². The van der Waals surface area contributed by atoms with Crippen LogP contribution in [-0.4, -0.2) is 60.4 Å². The second kappa shape index (κ2) is 5.19. The molecule has 2 saturated heterocycles. The highest BCUT2D eigenvalue weighted by molar-refractivity contribution is 6.06. The molecule has 0 spiro atoms. The number of hydrogen-bond acceptors (Lipinski definition) is 4. The zero-order valence-corrected chi connectivity index (χ0v) is 12.4.